The van der Waals surface area contributed by atoms with Crippen LogP contribution >= 0.6 is 0 Å². The molecule has 0 fully saturated rings. The molecular formula is C16H14F2N2O. The van der Waals surface area contributed by atoms with E-state index in [1.165, 1.54) is 0 Å². The number of rotatable bonds is 1. The minimum Gasteiger partial charge on any atom is -0.394 e. The van der Waals surface area contributed by atoms with Gasteiger partial charge in [-0.15, -0.1) is 0 Å². The molecule has 0 bridgehead atoms. The maximum atomic E-state index is 13.5. The summed E-state index contributed by atoms with van der Waals surface area (Å²) in [4.78, 5) is 14.2. The van der Waals surface area contributed by atoms with Crippen LogP contribution in [0.3, 0.4) is 0 Å². The maximum Gasteiger partial charge on any atom is 0.258 e. The zero-order valence-electron chi connectivity index (χ0n) is 11.4. The Bertz CT molecular complexity index is 707. The van der Waals surface area contributed by atoms with E-state index < -0.39 is 23.2 Å². The van der Waals surface area contributed by atoms with Crippen molar-refractivity contribution in [3.63, 3.8) is 0 Å². The molecule has 0 aromatic heterocycles. The van der Waals surface area contributed by atoms with Crippen molar-refractivity contribution in [2.24, 2.45) is 0 Å². The number of halogens is 2. The van der Waals surface area contributed by atoms with Crippen molar-refractivity contribution in [1.29, 1.82) is 0 Å². The number of fused-ring (bicyclic) bond motifs is 1. The van der Waals surface area contributed by atoms with Crippen molar-refractivity contribution in [3.05, 3.63) is 59.2 Å². The fraction of sp³-hybridized carbons (Fsp3) is 0.188. The minimum atomic E-state index is -0.918. The molecule has 1 aliphatic heterocycles. The summed E-state index contributed by atoms with van der Waals surface area (Å²) in [7, 11) is 0. The van der Waals surface area contributed by atoms with E-state index in [4.69, 9.17) is 5.73 Å². The molecule has 0 radical (unpaired) electrons. The van der Waals surface area contributed by atoms with Gasteiger partial charge >= 0.3 is 0 Å². The average Bonchev–Trinajstić information content (AvgIpc) is 2.79. The van der Waals surface area contributed by atoms with Crippen molar-refractivity contribution < 1.29 is 13.6 Å². The van der Waals surface area contributed by atoms with Gasteiger partial charge in [0.05, 0.1) is 0 Å². The third-order valence-corrected chi connectivity index (χ3v) is 3.75. The number of nitrogen functional groups attached to an aromatic ring is 1. The van der Waals surface area contributed by atoms with Gasteiger partial charge in [0.25, 0.3) is 5.91 Å². The first-order valence-corrected chi connectivity index (χ1v) is 6.65. The highest BCUT2D eigenvalue weighted by Crippen LogP contribution is 2.33. The number of para-hydroxylation sites is 1. The Kier molecular flexibility index (Phi) is 3.12. The second kappa shape index (κ2) is 4.84. The van der Waals surface area contributed by atoms with Crippen molar-refractivity contribution in [2.45, 2.75) is 19.4 Å². The van der Waals surface area contributed by atoms with Crippen molar-refractivity contribution in [3.8, 4) is 0 Å². The molecule has 21 heavy (non-hydrogen) atoms. The van der Waals surface area contributed by atoms with Crippen LogP contribution in [0.2, 0.25) is 0 Å². The molecule has 5 heteroatoms. The van der Waals surface area contributed by atoms with Gasteiger partial charge < -0.3 is 10.6 Å². The van der Waals surface area contributed by atoms with Crippen LogP contribution in [0, 0.1) is 11.6 Å². The van der Waals surface area contributed by atoms with Gasteiger partial charge in [0.1, 0.15) is 17.3 Å². The number of nitrogens with zero attached hydrogens (tertiary/aromatic N) is 1. The highest BCUT2D eigenvalue weighted by Gasteiger charge is 2.31. The maximum absolute atomic E-state index is 13.5. The van der Waals surface area contributed by atoms with Gasteiger partial charge in [0.15, 0.2) is 0 Å². The number of nitrogens with two attached hydrogens (primary N) is 1. The molecule has 2 aromatic rings. The summed E-state index contributed by atoms with van der Waals surface area (Å²) in [6.07, 6.45) is 0.724. The molecule has 0 saturated heterocycles. The molecule has 2 aromatic carbocycles. The number of hydrogen-bond donors (Lipinski definition) is 1. The first-order valence-electron chi connectivity index (χ1n) is 6.65. The molecule has 3 nitrogen and oxygen atoms in total. The fourth-order valence-corrected chi connectivity index (χ4v) is 2.72. The van der Waals surface area contributed by atoms with E-state index in [-0.39, 0.29) is 11.6 Å². The van der Waals surface area contributed by atoms with E-state index in [9.17, 15) is 13.6 Å². The normalized spacial score (nSPS) is 16.9. The molecule has 0 aliphatic carbocycles. The molecule has 1 atom stereocenters. The van der Waals surface area contributed by atoms with Crippen LogP contribution in [-0.2, 0) is 6.42 Å². The predicted octanol–water partition coefficient (Wildman–Crippen LogP) is 3.14. The number of carbonyl (C=O) groups excluding carboxylic acids is 1. The molecule has 0 spiro atoms. The van der Waals surface area contributed by atoms with Crippen LogP contribution in [0.25, 0.3) is 0 Å². The quantitative estimate of drug-likeness (QED) is 0.819. The van der Waals surface area contributed by atoms with Crippen LogP contribution < -0.4 is 10.6 Å². The molecule has 2 N–H and O–H groups in total. The van der Waals surface area contributed by atoms with Gasteiger partial charge in [0.2, 0.25) is 0 Å². The van der Waals surface area contributed by atoms with Gasteiger partial charge in [-0.05, 0) is 37.1 Å². The van der Waals surface area contributed by atoms with E-state index >= 15 is 0 Å². The third kappa shape index (κ3) is 2.14. The molecular weight excluding hydrogens is 274 g/mol. The largest absolute Gasteiger partial charge is 0.394 e. The van der Waals surface area contributed by atoms with Crippen LogP contribution in [0.5, 0.6) is 0 Å². The van der Waals surface area contributed by atoms with Crippen molar-refractivity contribution in [1.82, 2.24) is 0 Å². The number of hydrogen-bond acceptors (Lipinski definition) is 2. The van der Waals surface area contributed by atoms with E-state index in [0.717, 1.165) is 29.8 Å². The summed E-state index contributed by atoms with van der Waals surface area (Å²) in [5, 5.41) is 0. The highest BCUT2D eigenvalue weighted by atomic mass is 19.1. The number of benzene rings is 2. The van der Waals surface area contributed by atoms with E-state index in [2.05, 4.69) is 0 Å². The number of amides is 1. The second-order valence-electron chi connectivity index (χ2n) is 5.21. The average molecular weight is 288 g/mol. The van der Waals surface area contributed by atoms with Crippen LogP contribution in [0.15, 0.2) is 36.4 Å². The molecule has 1 aliphatic rings. The summed E-state index contributed by atoms with van der Waals surface area (Å²) in [6.45, 7) is 1.90. The summed E-state index contributed by atoms with van der Waals surface area (Å²) < 4.78 is 27.1. The zero-order valence-corrected chi connectivity index (χ0v) is 11.4. The van der Waals surface area contributed by atoms with Crippen LogP contribution in [-0.4, -0.2) is 11.9 Å². The Labute approximate surface area is 121 Å². The molecule has 1 unspecified atom stereocenters. The fourth-order valence-electron chi connectivity index (χ4n) is 2.72. The molecule has 3 rings (SSSR count). The lowest BCUT2D eigenvalue weighted by Crippen LogP contribution is -2.35. The standard InChI is InChI=1S/C16H14F2N2O/c1-9-6-10-4-2-3-5-14(10)20(9)16(21)11-7-12(17)15(19)13(18)8-11/h2-5,7-9H,6,19H2,1H3. The van der Waals surface area contributed by atoms with E-state index in [0.29, 0.717) is 0 Å². The Morgan fingerprint density at radius 2 is 1.86 bits per heavy atom. The lowest BCUT2D eigenvalue weighted by atomic mass is 10.1. The number of anilines is 2. The Morgan fingerprint density at radius 1 is 1.24 bits per heavy atom. The first-order chi connectivity index (χ1) is 9.99. The SMILES string of the molecule is CC1Cc2ccccc2N1C(=O)c1cc(F)c(N)c(F)c1. The van der Waals surface area contributed by atoms with Gasteiger partial charge in [-0.2, -0.15) is 0 Å². The van der Waals surface area contributed by atoms with Gasteiger partial charge in [-0.25, -0.2) is 8.78 Å². The van der Waals surface area contributed by atoms with Crippen molar-refractivity contribution >= 4 is 17.3 Å². The van der Waals surface area contributed by atoms with E-state index in [1.807, 2.05) is 31.2 Å². The molecule has 1 heterocycles. The van der Waals surface area contributed by atoms with Gasteiger partial charge in [-0.1, -0.05) is 18.2 Å². The summed E-state index contributed by atoms with van der Waals surface area (Å²) in [5.41, 5.74) is 6.46. The summed E-state index contributed by atoms with van der Waals surface area (Å²) in [5.74, 6) is -2.26. The van der Waals surface area contributed by atoms with Crippen LogP contribution in [0.4, 0.5) is 20.2 Å². The monoisotopic (exact) mass is 288 g/mol. The summed E-state index contributed by atoms with van der Waals surface area (Å²) in [6, 6.07) is 9.43. The molecule has 0 saturated carbocycles. The minimum absolute atomic E-state index is 0.0391. The third-order valence-electron chi connectivity index (χ3n) is 3.75. The number of carbonyl (C=O) groups is 1. The zero-order chi connectivity index (χ0) is 15.1. The van der Waals surface area contributed by atoms with Crippen molar-refractivity contribution in [2.75, 3.05) is 10.6 Å². The van der Waals surface area contributed by atoms with E-state index in [1.54, 1.807) is 4.90 Å². The topological polar surface area (TPSA) is 46.3 Å². The Balaban J connectivity index is 2.03. The smallest absolute Gasteiger partial charge is 0.258 e. The Morgan fingerprint density at radius 3 is 2.52 bits per heavy atom. The van der Waals surface area contributed by atoms with Crippen LogP contribution in [0.1, 0.15) is 22.8 Å². The summed E-state index contributed by atoms with van der Waals surface area (Å²) >= 11 is 0. The Hall–Kier alpha value is -2.43. The molecule has 1 amide bonds. The highest BCUT2D eigenvalue weighted by molar-refractivity contribution is 6.08. The lowest BCUT2D eigenvalue weighted by molar-refractivity contribution is 0.0980. The lowest BCUT2D eigenvalue weighted by Gasteiger charge is -2.23. The van der Waals surface area contributed by atoms with Gasteiger partial charge in [0, 0.05) is 17.3 Å². The predicted molar refractivity (Wildman–Crippen MR) is 77.2 cm³/mol. The molecule has 108 valence electrons. The van der Waals surface area contributed by atoms with Gasteiger partial charge in [-0.3, -0.25) is 4.79 Å². The second-order valence-corrected chi connectivity index (χ2v) is 5.21. The first kappa shape index (κ1) is 13.5.